The van der Waals surface area contributed by atoms with E-state index in [9.17, 15) is 19.2 Å². The fraction of sp³-hybridized carbons (Fsp3) is 0.942. The summed E-state index contributed by atoms with van der Waals surface area (Å²) < 4.78 is 34.9. The van der Waals surface area contributed by atoms with Crippen LogP contribution >= 0.6 is 0 Å². The van der Waals surface area contributed by atoms with Crippen LogP contribution in [0, 0.1) is 11.8 Å². The first-order chi connectivity index (χ1) is 39.6. The van der Waals surface area contributed by atoms with Gasteiger partial charge >= 0.3 is 24.2 Å². The fourth-order valence-electron chi connectivity index (χ4n) is 11.0. The lowest BCUT2D eigenvalue weighted by atomic mass is 9.96. The van der Waals surface area contributed by atoms with Crippen LogP contribution in [-0.4, -0.2) is 112 Å². The molecule has 0 rings (SSSR count). The molecule has 12 nitrogen and oxygen atoms in total. The number of unbranched alkanes of at least 4 members (excludes halogenated alkanes) is 24. The number of hydrogen-bond donors (Lipinski definition) is 0. The van der Waals surface area contributed by atoms with E-state index < -0.39 is 12.3 Å². The van der Waals surface area contributed by atoms with Crippen molar-refractivity contribution >= 4 is 24.2 Å². The second-order valence-electron chi connectivity index (χ2n) is 24.0. The number of carbonyl (C=O) groups is 4. The summed E-state index contributed by atoms with van der Waals surface area (Å²) in [6.07, 6.45) is 44.6. The molecule has 0 saturated heterocycles. The Morgan fingerprint density at radius 3 is 0.938 bits per heavy atom. The van der Waals surface area contributed by atoms with E-state index in [2.05, 4.69) is 65.2 Å². The third-order valence-corrected chi connectivity index (χ3v) is 16.5. The van der Waals surface area contributed by atoms with Gasteiger partial charge in [0.15, 0.2) is 0 Å². The van der Waals surface area contributed by atoms with Crippen molar-refractivity contribution in [2.75, 3.05) is 65.7 Å². The van der Waals surface area contributed by atoms with Crippen molar-refractivity contribution in [3.05, 3.63) is 0 Å². The zero-order valence-corrected chi connectivity index (χ0v) is 54.8. The van der Waals surface area contributed by atoms with E-state index in [0.29, 0.717) is 51.0 Å². The first-order valence-electron chi connectivity index (χ1n) is 35.0. The smallest absolute Gasteiger partial charge is 0.465 e. The number of ether oxygens (including phenoxy) is 6. The Morgan fingerprint density at radius 2 is 0.593 bits per heavy atom. The zero-order chi connectivity index (χ0) is 59.5. The van der Waals surface area contributed by atoms with Gasteiger partial charge in [0.1, 0.15) is 25.4 Å². The summed E-state index contributed by atoms with van der Waals surface area (Å²) in [4.78, 5) is 56.0. The lowest BCUT2D eigenvalue weighted by Crippen LogP contribution is -2.35. The van der Waals surface area contributed by atoms with Gasteiger partial charge < -0.3 is 33.3 Å². The fourth-order valence-corrected chi connectivity index (χ4v) is 11.0. The second kappa shape index (κ2) is 60.5. The predicted octanol–water partition coefficient (Wildman–Crippen LogP) is 19.9. The van der Waals surface area contributed by atoms with Gasteiger partial charge in [-0.2, -0.15) is 0 Å². The minimum atomic E-state index is -0.602. The lowest BCUT2D eigenvalue weighted by molar-refractivity contribution is -0.146. The van der Waals surface area contributed by atoms with Crippen LogP contribution in [0.4, 0.5) is 9.59 Å². The molecule has 4 unspecified atom stereocenters. The van der Waals surface area contributed by atoms with E-state index in [1.807, 2.05) is 0 Å². The zero-order valence-electron chi connectivity index (χ0n) is 54.8. The molecule has 4 atom stereocenters. The highest BCUT2D eigenvalue weighted by atomic mass is 16.7. The van der Waals surface area contributed by atoms with Gasteiger partial charge in [-0.05, 0) is 134 Å². The van der Waals surface area contributed by atoms with Gasteiger partial charge in [-0.25, -0.2) is 9.59 Å². The Morgan fingerprint density at radius 1 is 0.296 bits per heavy atom. The molecule has 0 N–H and O–H groups in total. The molecule has 0 fully saturated rings. The van der Waals surface area contributed by atoms with E-state index in [4.69, 9.17) is 28.4 Å². The first kappa shape index (κ1) is 78.4. The van der Waals surface area contributed by atoms with Gasteiger partial charge in [0, 0.05) is 25.9 Å². The second-order valence-corrected chi connectivity index (χ2v) is 24.0. The topological polar surface area (TPSA) is 130 Å². The van der Waals surface area contributed by atoms with Crippen molar-refractivity contribution in [1.82, 2.24) is 9.80 Å². The van der Waals surface area contributed by atoms with Crippen LogP contribution < -0.4 is 0 Å². The molecule has 0 aromatic carbocycles. The van der Waals surface area contributed by atoms with Crippen LogP contribution in [0.25, 0.3) is 0 Å². The standard InChI is InChI=1S/C69H134N2O10/c1-9-17-23-35-46-62(44-21-13-5)60-78-66(72)52-41-33-29-27-31-39-50-64(48-37-25-19-11-3)80-68(74)76-58-56-71(55-43-54-70(15-7)16-8)57-59-77-69(75)81-65(49-38-26-20-12-4)51-40-32-28-30-34-42-53-67(73)79-61-63(45-22-14-6)47-36-24-18-10-2/h62-65H,9-61H2,1-8H3. The maximum Gasteiger partial charge on any atom is 0.508 e. The number of rotatable bonds is 62. The lowest BCUT2D eigenvalue weighted by Gasteiger charge is -2.25. The summed E-state index contributed by atoms with van der Waals surface area (Å²) in [6.45, 7) is 24.1. The summed E-state index contributed by atoms with van der Waals surface area (Å²) in [5, 5.41) is 0. The number of hydrogen-bond acceptors (Lipinski definition) is 12. The monoisotopic (exact) mass is 1150 g/mol. The largest absolute Gasteiger partial charge is 0.508 e. The molecule has 0 aliphatic heterocycles. The molecule has 0 aromatic heterocycles. The normalized spacial score (nSPS) is 13.1. The van der Waals surface area contributed by atoms with Crippen LogP contribution in [0.3, 0.4) is 0 Å². The number of nitrogens with zero attached hydrogens (tertiary/aromatic N) is 2. The SMILES string of the molecule is CCCCCCC(CCCC)COC(=O)CCCCCCCCC(CCCCCC)OC(=O)OCCN(CCCN(CC)CC)CCOC(=O)OC(CCCCCC)CCCCCCCCC(=O)OCC(CCCC)CCCCCC. The minimum absolute atomic E-state index is 0.0429. The molecule has 0 aliphatic rings. The van der Waals surface area contributed by atoms with Crippen molar-refractivity contribution in [2.24, 2.45) is 11.8 Å². The van der Waals surface area contributed by atoms with Crippen LogP contribution in [0.1, 0.15) is 331 Å². The van der Waals surface area contributed by atoms with Crippen molar-refractivity contribution in [2.45, 2.75) is 344 Å². The Kier molecular flexibility index (Phi) is 58.6. The van der Waals surface area contributed by atoms with Crippen molar-refractivity contribution in [3.8, 4) is 0 Å². The number of carbonyl (C=O) groups excluding carboxylic acids is 4. The third-order valence-electron chi connectivity index (χ3n) is 16.5. The molecule has 0 aliphatic carbocycles. The molecule has 0 amide bonds. The maximum atomic E-state index is 13.1. The van der Waals surface area contributed by atoms with E-state index >= 15 is 0 Å². The molecule has 81 heavy (non-hydrogen) atoms. The van der Waals surface area contributed by atoms with Gasteiger partial charge in [-0.15, -0.1) is 0 Å². The number of esters is 2. The molecule has 0 bridgehead atoms. The third kappa shape index (κ3) is 52.7. The summed E-state index contributed by atoms with van der Waals surface area (Å²) in [5.41, 5.74) is 0. The Hall–Kier alpha value is -2.60. The average Bonchev–Trinajstić information content (AvgIpc) is 3.46. The van der Waals surface area contributed by atoms with Crippen LogP contribution in [-0.2, 0) is 38.0 Å². The maximum absolute atomic E-state index is 13.1. The van der Waals surface area contributed by atoms with Crippen molar-refractivity contribution in [1.29, 1.82) is 0 Å². The molecular formula is C69H134N2O10. The highest BCUT2D eigenvalue weighted by molar-refractivity contribution is 5.69. The molecule has 0 aromatic rings. The molecule has 0 heterocycles. The van der Waals surface area contributed by atoms with Gasteiger partial charge in [0.25, 0.3) is 0 Å². The summed E-state index contributed by atoms with van der Waals surface area (Å²) >= 11 is 0. The molecule has 0 spiro atoms. The highest BCUT2D eigenvalue weighted by Crippen LogP contribution is 2.22. The quantitative estimate of drug-likeness (QED) is 0.0326. The molecule has 480 valence electrons. The van der Waals surface area contributed by atoms with Gasteiger partial charge in [-0.3, -0.25) is 14.5 Å². The molecular weight excluding hydrogens is 1020 g/mol. The molecule has 0 saturated carbocycles. The highest BCUT2D eigenvalue weighted by Gasteiger charge is 2.20. The van der Waals surface area contributed by atoms with E-state index in [1.54, 1.807) is 0 Å². The van der Waals surface area contributed by atoms with Gasteiger partial charge in [0.2, 0.25) is 0 Å². The van der Waals surface area contributed by atoms with Crippen molar-refractivity contribution in [3.63, 3.8) is 0 Å². The summed E-state index contributed by atoms with van der Waals surface area (Å²) in [7, 11) is 0. The van der Waals surface area contributed by atoms with E-state index in [1.165, 1.54) is 103 Å². The van der Waals surface area contributed by atoms with E-state index in [0.717, 1.165) is 187 Å². The average molecular weight is 1150 g/mol. The molecule has 0 radical (unpaired) electrons. The van der Waals surface area contributed by atoms with Gasteiger partial charge in [-0.1, -0.05) is 222 Å². The van der Waals surface area contributed by atoms with Gasteiger partial charge in [0.05, 0.1) is 13.2 Å². The van der Waals surface area contributed by atoms with Crippen LogP contribution in [0.2, 0.25) is 0 Å². The Bertz CT molecular complexity index is 1290. The summed E-state index contributed by atoms with van der Waals surface area (Å²) in [6, 6.07) is 0. The minimum Gasteiger partial charge on any atom is -0.465 e. The van der Waals surface area contributed by atoms with E-state index in [-0.39, 0.29) is 37.4 Å². The molecule has 12 heteroatoms. The summed E-state index contributed by atoms with van der Waals surface area (Å²) in [5.74, 6) is 0.913. The van der Waals surface area contributed by atoms with Crippen molar-refractivity contribution < 1.29 is 47.6 Å². The predicted molar refractivity (Wildman–Crippen MR) is 338 cm³/mol. The first-order valence-corrected chi connectivity index (χ1v) is 35.0. The van der Waals surface area contributed by atoms with Crippen LogP contribution in [0.5, 0.6) is 0 Å². The van der Waals surface area contributed by atoms with Crippen LogP contribution in [0.15, 0.2) is 0 Å². The Balaban J connectivity index is 4.97. The Labute approximate surface area is 500 Å².